The van der Waals surface area contributed by atoms with Gasteiger partial charge in [0.15, 0.2) is 0 Å². The molecule has 5 nitrogen and oxygen atoms in total. The summed E-state index contributed by atoms with van der Waals surface area (Å²) in [5, 5.41) is 13.5. The van der Waals surface area contributed by atoms with Crippen LogP contribution in [0.25, 0.3) is 5.57 Å². The van der Waals surface area contributed by atoms with Gasteiger partial charge in [-0.1, -0.05) is 54.1 Å². The fraction of sp³-hybridized carbons (Fsp3) is 0.0556. The van der Waals surface area contributed by atoms with Crippen molar-refractivity contribution in [3.05, 3.63) is 75.7 Å². The van der Waals surface area contributed by atoms with Gasteiger partial charge >= 0.3 is 5.97 Å². The van der Waals surface area contributed by atoms with Crippen LogP contribution in [0.4, 0.5) is 5.69 Å². The van der Waals surface area contributed by atoms with Crippen molar-refractivity contribution >= 4 is 46.3 Å². The van der Waals surface area contributed by atoms with E-state index in [0.717, 1.165) is 0 Å². The third kappa shape index (κ3) is 2.71. The lowest BCUT2D eigenvalue weighted by Gasteiger charge is -2.22. The van der Waals surface area contributed by atoms with E-state index in [1.54, 1.807) is 30.3 Å². The quantitative estimate of drug-likeness (QED) is 0.806. The SMILES string of the molecule is C=CC1=c2c(Cl)cc(Cl)cc2=NC1(C(=O)O)C(=O)Nc1ccccc1. The van der Waals surface area contributed by atoms with E-state index in [1.807, 2.05) is 0 Å². The molecule has 1 unspecified atom stereocenters. The number of carboxylic acid groups (broad SMARTS) is 1. The summed E-state index contributed by atoms with van der Waals surface area (Å²) in [5.41, 5.74) is -1.63. The number of rotatable bonds is 4. The van der Waals surface area contributed by atoms with Crippen molar-refractivity contribution in [2.24, 2.45) is 4.99 Å². The number of nitrogens with zero attached hydrogens (tertiary/aromatic N) is 1. The van der Waals surface area contributed by atoms with Gasteiger partial charge in [0.2, 0.25) is 0 Å². The minimum absolute atomic E-state index is 0.102. The van der Waals surface area contributed by atoms with Crippen molar-refractivity contribution < 1.29 is 14.7 Å². The molecule has 2 N–H and O–H groups in total. The van der Waals surface area contributed by atoms with Gasteiger partial charge in [-0.05, 0) is 24.3 Å². The van der Waals surface area contributed by atoms with E-state index in [0.29, 0.717) is 15.9 Å². The van der Waals surface area contributed by atoms with Gasteiger partial charge in [0.05, 0.1) is 10.4 Å². The molecule has 0 bridgehead atoms. The molecular formula is C18H12Cl2N2O3. The molecule has 0 aliphatic carbocycles. The molecule has 7 heteroatoms. The number of benzene rings is 2. The Bertz CT molecular complexity index is 1020. The lowest BCUT2D eigenvalue weighted by atomic mass is 9.89. The van der Waals surface area contributed by atoms with Crippen LogP contribution >= 0.6 is 23.2 Å². The second-order valence-corrected chi connectivity index (χ2v) is 6.19. The zero-order valence-corrected chi connectivity index (χ0v) is 14.3. The molecule has 25 heavy (non-hydrogen) atoms. The van der Waals surface area contributed by atoms with Crippen molar-refractivity contribution in [3.8, 4) is 0 Å². The van der Waals surface area contributed by atoms with Gasteiger partial charge in [0, 0.05) is 21.5 Å². The molecule has 1 heterocycles. The lowest BCUT2D eigenvalue weighted by Crippen LogP contribution is -2.48. The van der Waals surface area contributed by atoms with Crippen LogP contribution in [-0.4, -0.2) is 22.5 Å². The number of carbonyl (C=O) groups excluding carboxylic acids is 1. The molecule has 1 aliphatic rings. The Labute approximate surface area is 152 Å². The Morgan fingerprint density at radius 1 is 1.20 bits per heavy atom. The average molecular weight is 375 g/mol. The van der Waals surface area contributed by atoms with E-state index in [1.165, 1.54) is 18.2 Å². The Hall–Kier alpha value is -2.63. The fourth-order valence-corrected chi connectivity index (χ4v) is 3.35. The minimum Gasteiger partial charge on any atom is -0.479 e. The summed E-state index contributed by atoms with van der Waals surface area (Å²) in [6, 6.07) is 11.4. The number of nitrogens with one attached hydrogen (secondary N) is 1. The minimum atomic E-state index is -2.19. The first-order chi connectivity index (χ1) is 11.9. The number of amides is 1. The predicted molar refractivity (Wildman–Crippen MR) is 96.3 cm³/mol. The predicted octanol–water partition coefficient (Wildman–Crippen LogP) is 2.43. The topological polar surface area (TPSA) is 78.8 Å². The Balaban J connectivity index is 2.24. The van der Waals surface area contributed by atoms with Gasteiger partial charge in [-0.2, -0.15) is 0 Å². The number of hydrogen-bond acceptors (Lipinski definition) is 3. The smallest absolute Gasteiger partial charge is 0.346 e. The van der Waals surface area contributed by atoms with Crippen molar-refractivity contribution in [1.82, 2.24) is 0 Å². The monoisotopic (exact) mass is 374 g/mol. The van der Waals surface area contributed by atoms with Gasteiger partial charge in [-0.15, -0.1) is 0 Å². The van der Waals surface area contributed by atoms with E-state index in [-0.39, 0.29) is 16.0 Å². The number of fused-ring (bicyclic) bond motifs is 1. The largest absolute Gasteiger partial charge is 0.479 e. The summed E-state index contributed by atoms with van der Waals surface area (Å²) in [6.07, 6.45) is 1.29. The Morgan fingerprint density at radius 2 is 1.88 bits per heavy atom. The van der Waals surface area contributed by atoms with Crippen molar-refractivity contribution in [3.63, 3.8) is 0 Å². The van der Waals surface area contributed by atoms with E-state index in [2.05, 4.69) is 16.9 Å². The van der Waals surface area contributed by atoms with Crippen LogP contribution in [0, 0.1) is 0 Å². The molecule has 2 aromatic carbocycles. The van der Waals surface area contributed by atoms with Crippen molar-refractivity contribution in [2.45, 2.75) is 5.54 Å². The highest BCUT2D eigenvalue weighted by molar-refractivity contribution is 6.35. The highest BCUT2D eigenvalue weighted by Gasteiger charge is 2.51. The molecule has 0 spiro atoms. The third-order valence-corrected chi connectivity index (χ3v) is 4.37. The van der Waals surface area contributed by atoms with Crippen LogP contribution in [0.3, 0.4) is 0 Å². The second kappa shape index (κ2) is 6.35. The summed E-state index contributed by atoms with van der Waals surface area (Å²) in [6.45, 7) is 3.64. The van der Waals surface area contributed by atoms with Crippen molar-refractivity contribution in [1.29, 1.82) is 0 Å². The van der Waals surface area contributed by atoms with Crippen LogP contribution in [0.15, 0.2) is 60.1 Å². The number of anilines is 1. The number of aliphatic carboxylic acids is 1. The van der Waals surface area contributed by atoms with Crippen LogP contribution in [0.2, 0.25) is 10.0 Å². The van der Waals surface area contributed by atoms with Gasteiger partial charge < -0.3 is 10.4 Å². The zero-order chi connectivity index (χ0) is 18.2. The maximum absolute atomic E-state index is 12.9. The molecule has 0 saturated heterocycles. The lowest BCUT2D eigenvalue weighted by molar-refractivity contribution is -0.144. The zero-order valence-electron chi connectivity index (χ0n) is 12.8. The second-order valence-electron chi connectivity index (χ2n) is 5.35. The highest BCUT2D eigenvalue weighted by atomic mass is 35.5. The van der Waals surface area contributed by atoms with E-state index in [4.69, 9.17) is 23.2 Å². The summed E-state index contributed by atoms with van der Waals surface area (Å²) in [4.78, 5) is 29.1. The van der Waals surface area contributed by atoms with Crippen LogP contribution in [-0.2, 0) is 9.59 Å². The summed E-state index contributed by atoms with van der Waals surface area (Å²) in [7, 11) is 0. The molecule has 126 valence electrons. The van der Waals surface area contributed by atoms with Gasteiger partial charge in [0.1, 0.15) is 0 Å². The number of hydrogen-bond donors (Lipinski definition) is 2. The molecule has 0 radical (unpaired) electrons. The maximum atomic E-state index is 12.9. The van der Waals surface area contributed by atoms with E-state index >= 15 is 0 Å². The summed E-state index contributed by atoms with van der Waals surface area (Å²) in [5.74, 6) is -2.25. The standard InChI is InChI=1S/C18H12Cl2N2O3/c1-2-12-15-13(20)8-10(19)9-14(15)22-18(12,17(24)25)16(23)21-11-6-4-3-5-7-11/h2-9H,1H2,(H,21,23)(H,24,25). The first-order valence-corrected chi connectivity index (χ1v) is 7.98. The molecule has 0 fully saturated rings. The van der Waals surface area contributed by atoms with Gasteiger partial charge in [0.25, 0.3) is 11.4 Å². The van der Waals surface area contributed by atoms with E-state index in [9.17, 15) is 14.7 Å². The fourth-order valence-electron chi connectivity index (χ4n) is 2.76. The molecular weight excluding hydrogens is 363 g/mol. The number of carboxylic acids is 1. The third-order valence-electron chi connectivity index (χ3n) is 3.86. The molecule has 1 amide bonds. The summed E-state index contributed by atoms with van der Waals surface area (Å²) >= 11 is 12.2. The number of halogens is 2. The molecule has 3 rings (SSSR count). The number of carbonyl (C=O) groups is 2. The van der Waals surface area contributed by atoms with Crippen LogP contribution in [0.1, 0.15) is 0 Å². The van der Waals surface area contributed by atoms with E-state index < -0.39 is 17.4 Å². The maximum Gasteiger partial charge on any atom is 0.346 e. The molecule has 0 saturated carbocycles. The average Bonchev–Trinajstić information content (AvgIpc) is 2.91. The highest BCUT2D eigenvalue weighted by Crippen LogP contribution is 2.29. The van der Waals surface area contributed by atoms with Crippen LogP contribution in [0.5, 0.6) is 0 Å². The molecule has 1 aliphatic heterocycles. The van der Waals surface area contributed by atoms with Gasteiger partial charge in [-0.25, -0.2) is 4.79 Å². The summed E-state index contributed by atoms with van der Waals surface area (Å²) < 4.78 is 0. The first kappa shape index (κ1) is 17.2. The first-order valence-electron chi connectivity index (χ1n) is 7.22. The molecule has 1 atom stereocenters. The normalized spacial score (nSPS) is 18.2. The number of para-hydroxylation sites is 1. The Morgan fingerprint density at radius 3 is 2.48 bits per heavy atom. The molecule has 0 aromatic heterocycles. The molecule has 2 aromatic rings. The van der Waals surface area contributed by atoms with Crippen molar-refractivity contribution in [2.75, 3.05) is 5.32 Å². The van der Waals surface area contributed by atoms with Gasteiger partial charge in [-0.3, -0.25) is 9.79 Å². The Kier molecular flexibility index (Phi) is 4.37. The van der Waals surface area contributed by atoms with Crippen LogP contribution < -0.4 is 15.9 Å².